The molecular weight excluding hydrogens is 262 g/mol. The number of halogens is 1. The van der Waals surface area contributed by atoms with Crippen LogP contribution in [0.4, 0.5) is 0 Å². The molecule has 2 aromatic carbocycles. The Bertz CT molecular complexity index is 557. The van der Waals surface area contributed by atoms with Crippen LogP contribution in [-0.2, 0) is 4.79 Å². The molecule has 0 aliphatic rings. The van der Waals surface area contributed by atoms with Crippen molar-refractivity contribution >= 4 is 28.3 Å². The van der Waals surface area contributed by atoms with E-state index in [1.54, 1.807) is 0 Å². The molecule has 0 fully saturated rings. The minimum atomic E-state index is -0.0443. The summed E-state index contributed by atoms with van der Waals surface area (Å²) in [4.78, 5) is 11.2. The second-order valence-electron chi connectivity index (χ2n) is 4.15. The minimum Gasteiger partial charge on any atom is -0.492 e. The Morgan fingerprint density at radius 3 is 2.74 bits per heavy atom. The van der Waals surface area contributed by atoms with Crippen molar-refractivity contribution < 1.29 is 9.53 Å². The van der Waals surface area contributed by atoms with Gasteiger partial charge in [0.25, 0.3) is 0 Å². The number of hydrogen-bond donors (Lipinski definition) is 1. The summed E-state index contributed by atoms with van der Waals surface area (Å²) in [6.07, 6.45) is 0.345. The van der Waals surface area contributed by atoms with Crippen LogP contribution in [0.15, 0.2) is 42.5 Å². The van der Waals surface area contributed by atoms with E-state index < -0.39 is 0 Å². The van der Waals surface area contributed by atoms with Gasteiger partial charge in [0.1, 0.15) is 12.4 Å². The van der Waals surface area contributed by atoms with E-state index in [0.29, 0.717) is 25.5 Å². The largest absolute Gasteiger partial charge is 0.492 e. The Labute approximate surface area is 117 Å². The number of benzene rings is 2. The van der Waals surface area contributed by atoms with Crippen molar-refractivity contribution in [1.82, 2.24) is 5.32 Å². The van der Waals surface area contributed by atoms with Crippen LogP contribution in [0, 0.1) is 0 Å². The van der Waals surface area contributed by atoms with Crippen LogP contribution in [0.1, 0.15) is 6.42 Å². The summed E-state index contributed by atoms with van der Waals surface area (Å²) in [5, 5.41) is 5.07. The van der Waals surface area contributed by atoms with E-state index in [2.05, 4.69) is 11.4 Å². The molecule has 4 heteroatoms. The van der Waals surface area contributed by atoms with Gasteiger partial charge in [-0.25, -0.2) is 0 Å². The van der Waals surface area contributed by atoms with Gasteiger partial charge < -0.3 is 10.1 Å². The van der Waals surface area contributed by atoms with Gasteiger partial charge >= 0.3 is 0 Å². The van der Waals surface area contributed by atoms with E-state index in [-0.39, 0.29) is 5.91 Å². The van der Waals surface area contributed by atoms with Crippen LogP contribution in [0.3, 0.4) is 0 Å². The third kappa shape index (κ3) is 4.14. The maximum atomic E-state index is 11.2. The van der Waals surface area contributed by atoms with E-state index in [1.165, 1.54) is 5.39 Å². The average Bonchev–Trinajstić information content (AvgIpc) is 2.44. The maximum Gasteiger partial charge on any atom is 0.221 e. The molecule has 1 amide bonds. The quantitative estimate of drug-likeness (QED) is 0.651. The molecular formula is C15H16ClNO2. The summed E-state index contributed by atoms with van der Waals surface area (Å²) in [6, 6.07) is 14.1. The molecule has 2 aromatic rings. The summed E-state index contributed by atoms with van der Waals surface area (Å²) in [5.74, 6) is 1.11. The summed E-state index contributed by atoms with van der Waals surface area (Å²) in [6.45, 7) is 0.939. The Hall–Kier alpha value is -1.74. The van der Waals surface area contributed by atoms with E-state index in [1.807, 2.05) is 36.4 Å². The molecule has 0 saturated carbocycles. The molecule has 3 nitrogen and oxygen atoms in total. The normalized spacial score (nSPS) is 10.4. The number of fused-ring (bicyclic) bond motifs is 1. The van der Waals surface area contributed by atoms with Crippen LogP contribution in [-0.4, -0.2) is 24.9 Å². The zero-order chi connectivity index (χ0) is 13.5. The van der Waals surface area contributed by atoms with Crippen LogP contribution in [0.25, 0.3) is 10.8 Å². The van der Waals surface area contributed by atoms with Gasteiger partial charge in [-0.15, -0.1) is 11.6 Å². The lowest BCUT2D eigenvalue weighted by Crippen LogP contribution is -2.28. The smallest absolute Gasteiger partial charge is 0.221 e. The molecule has 19 heavy (non-hydrogen) atoms. The first-order valence-corrected chi connectivity index (χ1v) is 6.77. The molecule has 2 rings (SSSR count). The molecule has 0 aliphatic heterocycles. The number of ether oxygens (including phenoxy) is 1. The van der Waals surface area contributed by atoms with Crippen molar-refractivity contribution in [3.63, 3.8) is 0 Å². The highest BCUT2D eigenvalue weighted by molar-refractivity contribution is 6.18. The number of carbonyl (C=O) groups is 1. The lowest BCUT2D eigenvalue weighted by Gasteiger charge is -2.08. The highest BCUT2D eigenvalue weighted by atomic mass is 35.5. The van der Waals surface area contributed by atoms with Gasteiger partial charge in [-0.05, 0) is 22.9 Å². The second kappa shape index (κ2) is 7.00. The Morgan fingerprint density at radius 2 is 1.95 bits per heavy atom. The highest BCUT2D eigenvalue weighted by Gasteiger charge is 2.00. The predicted molar refractivity (Wildman–Crippen MR) is 77.8 cm³/mol. The standard InChI is InChI=1S/C15H16ClNO2/c16-8-7-15(18)17-9-10-19-14-6-5-12-3-1-2-4-13(12)11-14/h1-6,11H,7-10H2,(H,17,18). The maximum absolute atomic E-state index is 11.2. The van der Waals surface area contributed by atoms with Crippen molar-refractivity contribution in [3.8, 4) is 5.75 Å². The van der Waals surface area contributed by atoms with Gasteiger partial charge in [0.05, 0.1) is 6.54 Å². The number of rotatable bonds is 6. The third-order valence-electron chi connectivity index (χ3n) is 2.74. The third-order valence-corrected chi connectivity index (χ3v) is 2.92. The van der Waals surface area contributed by atoms with Crippen molar-refractivity contribution in [2.45, 2.75) is 6.42 Å². The molecule has 0 bridgehead atoms. The van der Waals surface area contributed by atoms with Crippen LogP contribution >= 0.6 is 11.6 Å². The number of nitrogens with one attached hydrogen (secondary N) is 1. The van der Waals surface area contributed by atoms with Gasteiger partial charge in [0, 0.05) is 12.3 Å². The molecule has 0 atom stereocenters. The average molecular weight is 278 g/mol. The molecule has 0 aliphatic carbocycles. The predicted octanol–water partition coefficient (Wildman–Crippen LogP) is 2.96. The van der Waals surface area contributed by atoms with E-state index in [9.17, 15) is 4.79 Å². The fraction of sp³-hybridized carbons (Fsp3) is 0.267. The molecule has 0 saturated heterocycles. The summed E-state index contributed by atoms with van der Waals surface area (Å²) < 4.78 is 5.59. The summed E-state index contributed by atoms with van der Waals surface area (Å²) in [7, 11) is 0. The highest BCUT2D eigenvalue weighted by Crippen LogP contribution is 2.20. The van der Waals surface area contributed by atoms with Crippen LogP contribution in [0.5, 0.6) is 5.75 Å². The van der Waals surface area contributed by atoms with Crippen molar-refractivity contribution in [2.75, 3.05) is 19.0 Å². The monoisotopic (exact) mass is 277 g/mol. The number of amides is 1. The van der Waals surface area contributed by atoms with Gasteiger partial charge in [-0.1, -0.05) is 30.3 Å². The first kappa shape index (κ1) is 13.7. The Kier molecular flexibility index (Phi) is 5.04. The van der Waals surface area contributed by atoms with E-state index in [0.717, 1.165) is 11.1 Å². The van der Waals surface area contributed by atoms with Gasteiger partial charge in [0.2, 0.25) is 5.91 Å². The Balaban J connectivity index is 1.83. The molecule has 0 heterocycles. The molecule has 0 aromatic heterocycles. The fourth-order valence-electron chi connectivity index (χ4n) is 1.79. The lowest BCUT2D eigenvalue weighted by molar-refractivity contribution is -0.120. The second-order valence-corrected chi connectivity index (χ2v) is 4.52. The molecule has 100 valence electrons. The SMILES string of the molecule is O=C(CCCl)NCCOc1ccc2ccccc2c1. The lowest BCUT2D eigenvalue weighted by atomic mass is 10.1. The van der Waals surface area contributed by atoms with Crippen molar-refractivity contribution in [3.05, 3.63) is 42.5 Å². The van der Waals surface area contributed by atoms with Crippen molar-refractivity contribution in [2.24, 2.45) is 0 Å². The first-order valence-electron chi connectivity index (χ1n) is 6.24. The number of carbonyl (C=O) groups excluding carboxylic acids is 1. The zero-order valence-corrected chi connectivity index (χ0v) is 11.3. The zero-order valence-electron chi connectivity index (χ0n) is 10.6. The van der Waals surface area contributed by atoms with Crippen molar-refractivity contribution in [1.29, 1.82) is 0 Å². The summed E-state index contributed by atoms with van der Waals surface area (Å²) >= 11 is 5.47. The van der Waals surface area contributed by atoms with Gasteiger partial charge in [0.15, 0.2) is 0 Å². The first-order chi connectivity index (χ1) is 9.29. The molecule has 0 spiro atoms. The van der Waals surface area contributed by atoms with Gasteiger partial charge in [-0.3, -0.25) is 4.79 Å². The molecule has 0 unspecified atom stereocenters. The number of hydrogen-bond acceptors (Lipinski definition) is 2. The van der Waals surface area contributed by atoms with Crippen LogP contribution in [0.2, 0.25) is 0 Å². The topological polar surface area (TPSA) is 38.3 Å². The summed E-state index contributed by atoms with van der Waals surface area (Å²) in [5.41, 5.74) is 0. The molecule has 0 radical (unpaired) electrons. The molecule has 1 N–H and O–H groups in total. The van der Waals surface area contributed by atoms with E-state index >= 15 is 0 Å². The van der Waals surface area contributed by atoms with Gasteiger partial charge in [-0.2, -0.15) is 0 Å². The Morgan fingerprint density at radius 1 is 1.16 bits per heavy atom. The van der Waals surface area contributed by atoms with E-state index in [4.69, 9.17) is 16.3 Å². The number of alkyl halides is 1. The fourth-order valence-corrected chi connectivity index (χ4v) is 1.96. The minimum absolute atomic E-state index is 0.0443. The van der Waals surface area contributed by atoms with Crippen LogP contribution < -0.4 is 10.1 Å².